The lowest BCUT2D eigenvalue weighted by atomic mass is 10.1. The number of aromatic carboxylic acids is 1. The van der Waals surface area contributed by atoms with Crippen molar-refractivity contribution in [2.75, 3.05) is 0 Å². The molecule has 1 rings (SSSR count). The molecule has 0 aromatic carbocycles. The summed E-state index contributed by atoms with van der Waals surface area (Å²) in [6.07, 6.45) is -0.342. The highest BCUT2D eigenvalue weighted by molar-refractivity contribution is 7.08. The van der Waals surface area contributed by atoms with E-state index in [-0.39, 0.29) is 12.0 Å². The number of carbonyl (C=O) groups is 2. The SMILES string of the molecule is O=C([O-])Cc1cscc1C(=O)O. The summed E-state index contributed by atoms with van der Waals surface area (Å²) < 4.78 is 0. The molecule has 1 N–H and O–H groups in total. The zero-order chi connectivity index (χ0) is 9.14. The van der Waals surface area contributed by atoms with Crippen molar-refractivity contribution in [3.63, 3.8) is 0 Å². The molecule has 1 aromatic rings. The molecule has 5 heteroatoms. The fourth-order valence-electron chi connectivity index (χ4n) is 0.804. The second-order valence-electron chi connectivity index (χ2n) is 2.16. The van der Waals surface area contributed by atoms with Crippen LogP contribution < -0.4 is 5.11 Å². The summed E-state index contributed by atoms with van der Waals surface area (Å²) in [5, 5.41) is 21.6. The van der Waals surface area contributed by atoms with Crippen LogP contribution in [0.25, 0.3) is 0 Å². The maximum absolute atomic E-state index is 10.5. The Morgan fingerprint density at radius 3 is 2.67 bits per heavy atom. The molecule has 1 heterocycles. The van der Waals surface area contributed by atoms with E-state index in [2.05, 4.69) is 0 Å². The molecule has 0 bridgehead atoms. The molecule has 0 aliphatic carbocycles. The number of aliphatic carboxylic acids is 1. The van der Waals surface area contributed by atoms with E-state index in [4.69, 9.17) is 5.11 Å². The highest BCUT2D eigenvalue weighted by atomic mass is 32.1. The third-order valence-corrected chi connectivity index (χ3v) is 2.10. The average molecular weight is 185 g/mol. The van der Waals surface area contributed by atoms with Crippen LogP contribution in [0.15, 0.2) is 10.8 Å². The molecule has 12 heavy (non-hydrogen) atoms. The van der Waals surface area contributed by atoms with Crippen molar-refractivity contribution in [2.45, 2.75) is 6.42 Å². The third kappa shape index (κ3) is 1.82. The van der Waals surface area contributed by atoms with E-state index in [1.165, 1.54) is 10.8 Å². The average Bonchev–Trinajstić information content (AvgIpc) is 2.33. The first-order valence-corrected chi connectivity index (χ1v) is 4.03. The van der Waals surface area contributed by atoms with Crippen LogP contribution in [0.1, 0.15) is 15.9 Å². The molecule has 0 fully saturated rings. The number of carboxylic acid groups (broad SMARTS) is 2. The van der Waals surface area contributed by atoms with Gasteiger partial charge in [0.2, 0.25) is 0 Å². The Morgan fingerprint density at radius 1 is 1.50 bits per heavy atom. The number of hydrogen-bond acceptors (Lipinski definition) is 4. The Hall–Kier alpha value is -1.36. The van der Waals surface area contributed by atoms with Gasteiger partial charge in [-0.25, -0.2) is 4.79 Å². The van der Waals surface area contributed by atoms with Crippen molar-refractivity contribution in [2.24, 2.45) is 0 Å². The lowest BCUT2D eigenvalue weighted by Gasteiger charge is -2.00. The summed E-state index contributed by atoms with van der Waals surface area (Å²) in [5.41, 5.74) is 0.344. The second-order valence-corrected chi connectivity index (χ2v) is 2.91. The first-order valence-electron chi connectivity index (χ1n) is 3.09. The van der Waals surface area contributed by atoms with E-state index in [0.29, 0.717) is 5.56 Å². The Morgan fingerprint density at radius 2 is 2.17 bits per heavy atom. The molecule has 0 saturated heterocycles. The Labute approximate surface area is 72.1 Å². The first-order chi connectivity index (χ1) is 5.61. The van der Waals surface area contributed by atoms with Crippen LogP contribution in [-0.2, 0) is 11.2 Å². The number of rotatable bonds is 3. The van der Waals surface area contributed by atoms with Gasteiger partial charge in [-0.3, -0.25) is 0 Å². The zero-order valence-electron chi connectivity index (χ0n) is 5.94. The number of hydrogen-bond donors (Lipinski definition) is 1. The van der Waals surface area contributed by atoms with Crippen LogP contribution in [0.4, 0.5) is 0 Å². The molecule has 0 radical (unpaired) electrons. The van der Waals surface area contributed by atoms with Crippen LogP contribution >= 0.6 is 11.3 Å². The molecule has 4 nitrogen and oxygen atoms in total. The van der Waals surface area contributed by atoms with E-state index in [1.807, 2.05) is 0 Å². The lowest BCUT2D eigenvalue weighted by Crippen LogP contribution is -2.24. The van der Waals surface area contributed by atoms with Gasteiger partial charge in [-0.15, -0.1) is 0 Å². The van der Waals surface area contributed by atoms with E-state index in [0.717, 1.165) is 11.3 Å². The lowest BCUT2D eigenvalue weighted by molar-refractivity contribution is -0.304. The van der Waals surface area contributed by atoms with Crippen molar-refractivity contribution in [1.82, 2.24) is 0 Å². The fraction of sp³-hybridized carbons (Fsp3) is 0.143. The number of carbonyl (C=O) groups excluding carboxylic acids is 1. The van der Waals surface area contributed by atoms with Crippen LogP contribution in [0.3, 0.4) is 0 Å². The predicted octanol–water partition coefficient (Wildman–Crippen LogP) is -0.261. The van der Waals surface area contributed by atoms with Gasteiger partial charge in [0, 0.05) is 17.8 Å². The smallest absolute Gasteiger partial charge is 0.336 e. The van der Waals surface area contributed by atoms with Gasteiger partial charge in [0.25, 0.3) is 0 Å². The van der Waals surface area contributed by atoms with E-state index >= 15 is 0 Å². The van der Waals surface area contributed by atoms with Gasteiger partial charge in [0.15, 0.2) is 0 Å². The molecule has 0 saturated carbocycles. The monoisotopic (exact) mass is 185 g/mol. The van der Waals surface area contributed by atoms with Crippen molar-refractivity contribution in [3.8, 4) is 0 Å². The number of carboxylic acids is 2. The molecule has 0 unspecified atom stereocenters. The maximum Gasteiger partial charge on any atom is 0.336 e. The molecule has 0 amide bonds. The minimum Gasteiger partial charge on any atom is -0.550 e. The molecule has 0 spiro atoms. The molecule has 64 valence electrons. The highest BCUT2D eigenvalue weighted by Gasteiger charge is 2.10. The first kappa shape index (κ1) is 8.73. The standard InChI is InChI=1S/C7H6O4S/c8-6(9)1-4-2-12-3-5(4)7(10)11/h2-3H,1H2,(H,8,9)(H,10,11)/p-1. The van der Waals surface area contributed by atoms with Crippen molar-refractivity contribution < 1.29 is 19.8 Å². The normalized spacial score (nSPS) is 9.67. The van der Waals surface area contributed by atoms with Crippen LogP contribution in [-0.4, -0.2) is 17.0 Å². The van der Waals surface area contributed by atoms with E-state index < -0.39 is 11.9 Å². The van der Waals surface area contributed by atoms with Gasteiger partial charge in [-0.2, -0.15) is 11.3 Å². The van der Waals surface area contributed by atoms with E-state index in [1.54, 1.807) is 0 Å². The van der Waals surface area contributed by atoms with Gasteiger partial charge >= 0.3 is 5.97 Å². The maximum atomic E-state index is 10.5. The van der Waals surface area contributed by atoms with E-state index in [9.17, 15) is 14.7 Å². The Bertz CT molecular complexity index is 315. The summed E-state index contributed by atoms with van der Waals surface area (Å²) in [6, 6.07) is 0. The largest absolute Gasteiger partial charge is 0.550 e. The van der Waals surface area contributed by atoms with Gasteiger partial charge in [0.05, 0.1) is 5.56 Å². The minimum absolute atomic E-state index is 0.0456. The quantitative estimate of drug-likeness (QED) is 0.703. The molecule has 0 atom stereocenters. The predicted molar refractivity (Wildman–Crippen MR) is 40.0 cm³/mol. The van der Waals surface area contributed by atoms with Gasteiger partial charge in [0.1, 0.15) is 0 Å². The molecule has 0 aliphatic rings. The summed E-state index contributed by atoms with van der Waals surface area (Å²) in [6.45, 7) is 0. The fourth-order valence-corrected chi connectivity index (χ4v) is 1.63. The summed E-state index contributed by atoms with van der Waals surface area (Å²) >= 11 is 1.16. The number of thiophene rings is 1. The third-order valence-electron chi connectivity index (χ3n) is 1.31. The minimum atomic E-state index is -1.27. The van der Waals surface area contributed by atoms with Crippen LogP contribution in [0.2, 0.25) is 0 Å². The topological polar surface area (TPSA) is 77.4 Å². The highest BCUT2D eigenvalue weighted by Crippen LogP contribution is 2.15. The van der Waals surface area contributed by atoms with Gasteiger partial charge in [-0.05, 0) is 10.9 Å². The summed E-state index contributed by atoms with van der Waals surface area (Å²) in [5.74, 6) is -2.37. The van der Waals surface area contributed by atoms with Crippen LogP contribution in [0, 0.1) is 0 Å². The molecule has 0 aliphatic heterocycles. The molecule has 1 aromatic heterocycles. The van der Waals surface area contributed by atoms with Gasteiger partial charge in [-0.1, -0.05) is 0 Å². The molecular weight excluding hydrogens is 180 g/mol. The van der Waals surface area contributed by atoms with Gasteiger partial charge < -0.3 is 15.0 Å². The Kier molecular flexibility index (Phi) is 2.44. The molecular formula is C7H5O4S-. The summed E-state index contributed by atoms with van der Waals surface area (Å²) in [7, 11) is 0. The second kappa shape index (κ2) is 3.36. The summed E-state index contributed by atoms with van der Waals surface area (Å²) in [4.78, 5) is 20.6. The Balaban J connectivity index is 2.91. The van der Waals surface area contributed by atoms with Crippen molar-refractivity contribution >= 4 is 23.3 Å². The van der Waals surface area contributed by atoms with Crippen molar-refractivity contribution in [1.29, 1.82) is 0 Å². The zero-order valence-corrected chi connectivity index (χ0v) is 6.76. The van der Waals surface area contributed by atoms with Crippen LogP contribution in [0.5, 0.6) is 0 Å². The van der Waals surface area contributed by atoms with Crippen molar-refractivity contribution in [3.05, 3.63) is 21.9 Å².